The van der Waals surface area contributed by atoms with Gasteiger partial charge in [0, 0.05) is 12.8 Å². The molecule has 6 heteroatoms. The van der Waals surface area contributed by atoms with Gasteiger partial charge < -0.3 is 14.0 Å². The number of aromatic nitrogens is 2. The Labute approximate surface area is 115 Å². The summed E-state index contributed by atoms with van der Waals surface area (Å²) in [5.41, 5.74) is 0. The van der Waals surface area contributed by atoms with E-state index in [0.29, 0.717) is 43.3 Å². The molecule has 0 fully saturated rings. The number of nitriles is 1. The minimum Gasteiger partial charge on any atom is -0.485 e. The van der Waals surface area contributed by atoms with Crippen molar-refractivity contribution in [3.05, 3.63) is 36.0 Å². The molecule has 1 unspecified atom stereocenters. The van der Waals surface area contributed by atoms with Gasteiger partial charge in [0.05, 0.1) is 6.07 Å². The summed E-state index contributed by atoms with van der Waals surface area (Å²) in [6.07, 6.45) is 1.43. The topological polar surface area (TPSA) is 81.2 Å². The Morgan fingerprint density at radius 2 is 2.15 bits per heavy atom. The van der Waals surface area contributed by atoms with Gasteiger partial charge in [0.2, 0.25) is 11.7 Å². The Balaban J connectivity index is 1.67. The molecule has 0 amide bonds. The van der Waals surface area contributed by atoms with Crippen LogP contribution >= 0.6 is 0 Å². The number of aryl methyl sites for hydroxylation is 1. The van der Waals surface area contributed by atoms with Crippen molar-refractivity contribution in [1.82, 2.24) is 10.1 Å². The van der Waals surface area contributed by atoms with E-state index in [1.807, 2.05) is 24.3 Å². The molecular weight excluding hydrogens is 258 g/mol. The minimum absolute atomic E-state index is 0.355. The number of rotatable bonds is 4. The Morgan fingerprint density at radius 1 is 1.30 bits per heavy atom. The van der Waals surface area contributed by atoms with Gasteiger partial charge in [0.15, 0.2) is 17.6 Å². The van der Waals surface area contributed by atoms with Gasteiger partial charge in [-0.25, -0.2) is 0 Å². The first-order valence-corrected chi connectivity index (χ1v) is 6.45. The Kier molecular flexibility index (Phi) is 3.50. The highest BCUT2D eigenvalue weighted by atomic mass is 16.6. The third-order valence-corrected chi connectivity index (χ3v) is 2.96. The molecule has 0 saturated carbocycles. The normalized spacial score (nSPS) is 16.6. The maximum absolute atomic E-state index is 8.49. The van der Waals surface area contributed by atoms with Crippen LogP contribution in [-0.4, -0.2) is 16.7 Å². The van der Waals surface area contributed by atoms with E-state index in [1.165, 1.54) is 0 Å². The van der Waals surface area contributed by atoms with Crippen molar-refractivity contribution >= 4 is 0 Å². The molecule has 1 aliphatic heterocycles. The van der Waals surface area contributed by atoms with Crippen LogP contribution in [-0.2, 0) is 6.42 Å². The van der Waals surface area contributed by atoms with Crippen molar-refractivity contribution in [2.24, 2.45) is 0 Å². The van der Waals surface area contributed by atoms with Crippen LogP contribution in [0.4, 0.5) is 0 Å². The zero-order valence-electron chi connectivity index (χ0n) is 10.8. The highest BCUT2D eigenvalue weighted by Crippen LogP contribution is 2.35. The lowest BCUT2D eigenvalue weighted by Crippen LogP contribution is -2.22. The van der Waals surface area contributed by atoms with Crippen molar-refractivity contribution in [2.45, 2.75) is 25.4 Å². The average molecular weight is 271 g/mol. The second kappa shape index (κ2) is 5.61. The Bertz CT molecular complexity index is 633. The zero-order chi connectivity index (χ0) is 13.8. The number of unbranched alkanes of at least 4 members (excludes halogenated alkanes) is 1. The molecule has 6 nitrogen and oxygen atoms in total. The maximum atomic E-state index is 8.49. The monoisotopic (exact) mass is 271 g/mol. The highest BCUT2D eigenvalue weighted by Gasteiger charge is 2.26. The van der Waals surface area contributed by atoms with E-state index in [1.54, 1.807) is 0 Å². The van der Waals surface area contributed by atoms with Gasteiger partial charge in [0.25, 0.3) is 0 Å². The predicted molar refractivity (Wildman–Crippen MR) is 68.2 cm³/mol. The molecule has 0 radical (unpaired) electrons. The van der Waals surface area contributed by atoms with Crippen molar-refractivity contribution in [1.29, 1.82) is 5.26 Å². The van der Waals surface area contributed by atoms with Gasteiger partial charge in [-0.2, -0.15) is 10.2 Å². The molecular formula is C14H13N3O3. The molecule has 0 spiro atoms. The Hall–Kier alpha value is -2.55. The molecule has 1 aliphatic rings. The molecule has 1 atom stereocenters. The van der Waals surface area contributed by atoms with Gasteiger partial charge >= 0.3 is 0 Å². The first-order valence-electron chi connectivity index (χ1n) is 6.45. The van der Waals surface area contributed by atoms with Gasteiger partial charge in [-0.05, 0) is 18.6 Å². The number of hydrogen-bond acceptors (Lipinski definition) is 6. The summed E-state index contributed by atoms with van der Waals surface area (Å²) < 4.78 is 16.5. The number of benzene rings is 1. The molecule has 20 heavy (non-hydrogen) atoms. The lowest BCUT2D eigenvalue weighted by molar-refractivity contribution is 0.0832. The van der Waals surface area contributed by atoms with Crippen LogP contribution in [0, 0.1) is 11.3 Å². The molecule has 0 N–H and O–H groups in total. The first-order chi connectivity index (χ1) is 9.86. The maximum Gasteiger partial charge on any atom is 0.226 e. The van der Waals surface area contributed by atoms with Gasteiger partial charge in [-0.3, -0.25) is 0 Å². The van der Waals surface area contributed by atoms with E-state index < -0.39 is 0 Å². The molecule has 102 valence electrons. The van der Waals surface area contributed by atoms with Crippen LogP contribution in [0.3, 0.4) is 0 Å². The lowest BCUT2D eigenvalue weighted by atomic mass is 10.2. The van der Waals surface area contributed by atoms with Crippen molar-refractivity contribution < 1.29 is 14.0 Å². The fraction of sp³-hybridized carbons (Fsp3) is 0.357. The number of para-hydroxylation sites is 2. The molecule has 0 saturated heterocycles. The van der Waals surface area contributed by atoms with E-state index >= 15 is 0 Å². The number of fused-ring (bicyclic) bond motifs is 1. The fourth-order valence-electron chi connectivity index (χ4n) is 1.97. The van der Waals surface area contributed by atoms with Crippen molar-refractivity contribution in [3.8, 4) is 17.6 Å². The quantitative estimate of drug-likeness (QED) is 0.794. The smallest absolute Gasteiger partial charge is 0.226 e. The van der Waals surface area contributed by atoms with E-state index in [-0.39, 0.29) is 6.10 Å². The SMILES string of the molecule is N#CCCCc1nc(C2COc3ccccc3O2)no1. The summed E-state index contributed by atoms with van der Waals surface area (Å²) in [4.78, 5) is 4.29. The largest absolute Gasteiger partial charge is 0.485 e. The summed E-state index contributed by atoms with van der Waals surface area (Å²) in [5, 5.41) is 12.4. The predicted octanol–water partition coefficient (Wildman–Crippen LogP) is 2.43. The molecule has 0 aliphatic carbocycles. The molecule has 3 rings (SSSR count). The van der Waals surface area contributed by atoms with Crippen LogP contribution in [0.2, 0.25) is 0 Å². The number of hydrogen-bond donors (Lipinski definition) is 0. The second-order valence-electron chi connectivity index (χ2n) is 4.42. The zero-order valence-corrected chi connectivity index (χ0v) is 10.8. The summed E-state index contributed by atoms with van der Waals surface area (Å²) in [5.74, 6) is 2.41. The standard InChI is InChI=1S/C14H13N3O3/c15-8-4-3-7-13-16-14(17-20-13)12-9-18-10-5-1-2-6-11(10)19-12/h1-2,5-6,12H,3-4,7,9H2. The fourth-order valence-corrected chi connectivity index (χ4v) is 1.97. The van der Waals surface area contributed by atoms with Crippen LogP contribution in [0.25, 0.3) is 0 Å². The van der Waals surface area contributed by atoms with Gasteiger partial charge in [0.1, 0.15) is 6.61 Å². The van der Waals surface area contributed by atoms with Crippen molar-refractivity contribution in [2.75, 3.05) is 6.61 Å². The highest BCUT2D eigenvalue weighted by molar-refractivity contribution is 5.40. The third-order valence-electron chi connectivity index (χ3n) is 2.96. The molecule has 1 aromatic carbocycles. The number of ether oxygens (including phenoxy) is 2. The van der Waals surface area contributed by atoms with Crippen LogP contribution < -0.4 is 9.47 Å². The van der Waals surface area contributed by atoms with E-state index in [9.17, 15) is 0 Å². The molecule has 0 bridgehead atoms. The lowest BCUT2D eigenvalue weighted by Gasteiger charge is -2.24. The Morgan fingerprint density at radius 3 is 3.00 bits per heavy atom. The van der Waals surface area contributed by atoms with Crippen molar-refractivity contribution in [3.63, 3.8) is 0 Å². The van der Waals surface area contributed by atoms with Crippen LogP contribution in [0.15, 0.2) is 28.8 Å². The molecule has 2 heterocycles. The van der Waals surface area contributed by atoms with Gasteiger partial charge in [-0.1, -0.05) is 17.3 Å². The summed E-state index contributed by atoms with van der Waals surface area (Å²) in [6.45, 7) is 0.355. The number of nitrogens with zero attached hydrogens (tertiary/aromatic N) is 3. The summed E-state index contributed by atoms with van der Waals surface area (Å²) in [7, 11) is 0. The second-order valence-corrected chi connectivity index (χ2v) is 4.42. The summed E-state index contributed by atoms with van der Waals surface area (Å²) in [6, 6.07) is 9.56. The van der Waals surface area contributed by atoms with E-state index in [4.69, 9.17) is 19.3 Å². The van der Waals surface area contributed by atoms with Crippen LogP contribution in [0.5, 0.6) is 11.5 Å². The molecule has 1 aromatic heterocycles. The summed E-state index contributed by atoms with van der Waals surface area (Å²) >= 11 is 0. The van der Waals surface area contributed by atoms with Crippen LogP contribution in [0.1, 0.15) is 30.7 Å². The van der Waals surface area contributed by atoms with E-state index in [2.05, 4.69) is 16.2 Å². The van der Waals surface area contributed by atoms with E-state index in [0.717, 1.165) is 5.75 Å². The minimum atomic E-state index is -0.363. The third kappa shape index (κ3) is 2.57. The first kappa shape index (κ1) is 12.5. The van der Waals surface area contributed by atoms with Gasteiger partial charge in [-0.15, -0.1) is 0 Å². The molecule has 2 aromatic rings. The average Bonchev–Trinajstić information content (AvgIpc) is 2.96.